The number of nitrogens with zero attached hydrogens (tertiary/aromatic N) is 3. The fraction of sp³-hybridized carbons (Fsp3) is 0.400. The van der Waals surface area contributed by atoms with Crippen molar-refractivity contribution >= 4 is 0 Å². The Bertz CT molecular complexity index is 291. The maximum atomic E-state index is 10.7. The maximum absolute atomic E-state index is 10.7. The third-order valence-corrected chi connectivity index (χ3v) is 1.08. The molecule has 1 aromatic heterocycles. The van der Waals surface area contributed by atoms with Crippen LogP contribution >= 0.6 is 0 Å². The van der Waals surface area contributed by atoms with E-state index in [-0.39, 0.29) is 5.69 Å². The number of aryl methyl sites for hydroxylation is 1. The zero-order valence-corrected chi connectivity index (χ0v) is 5.24. The molecule has 0 aliphatic heterocycles. The van der Waals surface area contributed by atoms with Gasteiger partial charge in [-0.15, -0.1) is 0 Å². The molecule has 5 heteroatoms. The van der Waals surface area contributed by atoms with E-state index in [2.05, 4.69) is 10.2 Å². The van der Waals surface area contributed by atoms with Crippen LogP contribution in [0.4, 0.5) is 0 Å². The highest BCUT2D eigenvalue weighted by molar-refractivity contribution is 4.71. The van der Waals surface area contributed by atoms with Crippen molar-refractivity contribution in [1.29, 1.82) is 5.26 Å². The summed E-state index contributed by atoms with van der Waals surface area (Å²) in [4.78, 5) is 10.7. The second-order valence-corrected chi connectivity index (χ2v) is 1.76. The first-order valence-corrected chi connectivity index (χ1v) is 2.81. The Hall–Kier alpha value is -1.57. The summed E-state index contributed by atoms with van der Waals surface area (Å²) in [7, 11) is 0. The van der Waals surface area contributed by atoms with Crippen LogP contribution in [0, 0.1) is 11.3 Å². The minimum absolute atomic E-state index is 0.268. The molecule has 1 N–H and O–H groups in total. The van der Waals surface area contributed by atoms with Gasteiger partial charge < -0.3 is 0 Å². The van der Waals surface area contributed by atoms with Crippen molar-refractivity contribution in [3.05, 3.63) is 16.8 Å². The Morgan fingerprint density at radius 3 is 3.20 bits per heavy atom. The van der Waals surface area contributed by atoms with E-state index in [0.717, 1.165) is 0 Å². The summed E-state index contributed by atoms with van der Waals surface area (Å²) < 4.78 is 1.35. The average Bonchev–Trinajstić information content (AvgIpc) is 2.31. The van der Waals surface area contributed by atoms with Gasteiger partial charge in [-0.2, -0.15) is 10.4 Å². The van der Waals surface area contributed by atoms with Gasteiger partial charge in [0.2, 0.25) is 0 Å². The third-order valence-electron chi connectivity index (χ3n) is 1.08. The number of aromatic nitrogens is 3. The molecule has 0 saturated carbocycles. The molecule has 52 valence electrons. The van der Waals surface area contributed by atoms with Crippen molar-refractivity contribution in [2.75, 3.05) is 0 Å². The first-order valence-electron chi connectivity index (χ1n) is 2.81. The van der Waals surface area contributed by atoms with Crippen LogP contribution in [0.5, 0.6) is 0 Å². The predicted molar refractivity (Wildman–Crippen MR) is 33.1 cm³/mol. The molecular weight excluding hydrogens is 132 g/mol. The lowest BCUT2D eigenvalue weighted by Crippen LogP contribution is -2.15. The molecule has 5 nitrogen and oxygen atoms in total. The minimum Gasteiger partial charge on any atom is -0.281 e. The zero-order valence-electron chi connectivity index (χ0n) is 5.24. The van der Waals surface area contributed by atoms with Crippen LogP contribution in [-0.2, 0) is 6.54 Å². The molecule has 0 amide bonds. The van der Waals surface area contributed by atoms with Crippen molar-refractivity contribution in [1.82, 2.24) is 14.8 Å². The number of nitriles is 1. The Kier molecular flexibility index (Phi) is 1.85. The predicted octanol–water partition coefficient (Wildman–Crippen LogP) is -0.515. The number of rotatable bonds is 2. The number of H-pyrrole nitrogens is 1. The summed E-state index contributed by atoms with van der Waals surface area (Å²) in [6.45, 7) is 0.409. The largest absolute Gasteiger partial charge is 0.343 e. The van der Waals surface area contributed by atoms with Crippen molar-refractivity contribution < 1.29 is 0 Å². The quantitative estimate of drug-likeness (QED) is 0.597. The van der Waals surface area contributed by atoms with E-state index in [1.807, 2.05) is 6.07 Å². The number of nitrogens with one attached hydrogen (secondary N) is 1. The maximum Gasteiger partial charge on any atom is 0.343 e. The van der Waals surface area contributed by atoms with E-state index in [9.17, 15) is 4.79 Å². The van der Waals surface area contributed by atoms with E-state index < -0.39 is 0 Å². The molecule has 0 bridgehead atoms. The number of hydrogen-bond donors (Lipinski definition) is 1. The van der Waals surface area contributed by atoms with Crippen molar-refractivity contribution in [2.45, 2.75) is 13.0 Å². The summed E-state index contributed by atoms with van der Waals surface area (Å²) in [5.74, 6) is 0. The standard InChI is InChI=1S/C5H6N4O/c6-2-1-3-9-4-7-8-5(9)10/h4H,1,3H2,(H,8,10). The third kappa shape index (κ3) is 1.23. The summed E-state index contributed by atoms with van der Waals surface area (Å²) >= 11 is 0. The molecule has 0 unspecified atom stereocenters. The van der Waals surface area contributed by atoms with Gasteiger partial charge in [-0.25, -0.2) is 9.89 Å². The molecule has 0 aliphatic carbocycles. The second kappa shape index (κ2) is 2.82. The lowest BCUT2D eigenvalue weighted by molar-refractivity contribution is 0.687. The number of hydrogen-bond acceptors (Lipinski definition) is 3. The Balaban J connectivity index is 2.68. The molecule has 0 aromatic carbocycles. The molecule has 10 heavy (non-hydrogen) atoms. The van der Waals surface area contributed by atoms with Gasteiger partial charge in [-0.3, -0.25) is 4.57 Å². The van der Waals surface area contributed by atoms with E-state index in [1.54, 1.807) is 0 Å². The van der Waals surface area contributed by atoms with Crippen LogP contribution in [0.3, 0.4) is 0 Å². The number of aromatic amines is 1. The Morgan fingerprint density at radius 1 is 1.90 bits per heavy atom. The van der Waals surface area contributed by atoms with Crippen LogP contribution in [0.25, 0.3) is 0 Å². The van der Waals surface area contributed by atoms with Crippen LogP contribution in [0.1, 0.15) is 6.42 Å². The lowest BCUT2D eigenvalue weighted by atomic mass is 10.5. The van der Waals surface area contributed by atoms with Gasteiger partial charge in [-0.1, -0.05) is 0 Å². The van der Waals surface area contributed by atoms with E-state index >= 15 is 0 Å². The zero-order chi connectivity index (χ0) is 7.40. The minimum atomic E-state index is -0.268. The van der Waals surface area contributed by atoms with Gasteiger partial charge in [-0.05, 0) is 0 Å². The Labute approximate surface area is 56.9 Å². The summed E-state index contributed by atoms with van der Waals surface area (Å²) in [6.07, 6.45) is 1.71. The van der Waals surface area contributed by atoms with E-state index in [1.165, 1.54) is 10.9 Å². The Morgan fingerprint density at radius 2 is 2.70 bits per heavy atom. The average molecular weight is 138 g/mol. The monoisotopic (exact) mass is 138 g/mol. The van der Waals surface area contributed by atoms with Crippen molar-refractivity contribution in [3.8, 4) is 6.07 Å². The summed E-state index contributed by atoms with van der Waals surface area (Å²) in [5, 5.41) is 13.9. The van der Waals surface area contributed by atoms with Gasteiger partial charge in [0.05, 0.1) is 12.5 Å². The van der Waals surface area contributed by atoms with E-state index in [0.29, 0.717) is 13.0 Å². The highest BCUT2D eigenvalue weighted by Crippen LogP contribution is 1.80. The molecule has 0 atom stereocenters. The van der Waals surface area contributed by atoms with Crippen molar-refractivity contribution in [2.24, 2.45) is 0 Å². The molecule has 0 radical (unpaired) electrons. The molecule has 1 rings (SSSR count). The molecule has 0 spiro atoms. The fourth-order valence-electron chi connectivity index (χ4n) is 0.600. The van der Waals surface area contributed by atoms with Gasteiger partial charge in [0, 0.05) is 6.54 Å². The highest BCUT2D eigenvalue weighted by atomic mass is 16.1. The van der Waals surface area contributed by atoms with Gasteiger partial charge in [0.15, 0.2) is 0 Å². The molecular formula is C5H6N4O. The van der Waals surface area contributed by atoms with Crippen LogP contribution < -0.4 is 5.69 Å². The van der Waals surface area contributed by atoms with Gasteiger partial charge >= 0.3 is 5.69 Å². The molecule has 1 heterocycles. The summed E-state index contributed by atoms with van der Waals surface area (Å²) in [6, 6.07) is 1.93. The second-order valence-electron chi connectivity index (χ2n) is 1.76. The first kappa shape index (κ1) is 6.55. The van der Waals surface area contributed by atoms with Crippen LogP contribution in [-0.4, -0.2) is 14.8 Å². The fourth-order valence-corrected chi connectivity index (χ4v) is 0.600. The topological polar surface area (TPSA) is 74.5 Å². The molecule has 1 aromatic rings. The lowest BCUT2D eigenvalue weighted by Gasteiger charge is -1.89. The van der Waals surface area contributed by atoms with Crippen LogP contribution in [0.15, 0.2) is 11.1 Å². The smallest absolute Gasteiger partial charge is 0.281 e. The normalized spacial score (nSPS) is 9.10. The van der Waals surface area contributed by atoms with E-state index in [4.69, 9.17) is 5.26 Å². The van der Waals surface area contributed by atoms with Gasteiger partial charge in [0.1, 0.15) is 6.33 Å². The molecule has 0 fully saturated rings. The van der Waals surface area contributed by atoms with Gasteiger partial charge in [0.25, 0.3) is 0 Å². The summed E-state index contributed by atoms with van der Waals surface area (Å²) in [5.41, 5.74) is -0.268. The molecule has 0 saturated heterocycles. The SMILES string of the molecule is N#CCCn1cn[nH]c1=O. The highest BCUT2D eigenvalue weighted by Gasteiger charge is 1.93. The first-order chi connectivity index (χ1) is 4.84. The van der Waals surface area contributed by atoms with Crippen LogP contribution in [0.2, 0.25) is 0 Å². The van der Waals surface area contributed by atoms with Crippen molar-refractivity contribution in [3.63, 3.8) is 0 Å². The molecule has 0 aliphatic rings.